The molecule has 110 valence electrons. The van der Waals surface area contributed by atoms with Crippen molar-refractivity contribution in [1.82, 2.24) is 0 Å². The number of aliphatic hydroxyl groups excluding tert-OH is 1. The Labute approximate surface area is 123 Å². The molecular formula is C16H17O4P. The molecule has 1 aliphatic heterocycles. The third-order valence-electron chi connectivity index (χ3n) is 3.41. The maximum atomic E-state index is 13.1. The van der Waals surface area contributed by atoms with E-state index in [2.05, 4.69) is 0 Å². The second kappa shape index (κ2) is 6.02. The molecule has 0 spiro atoms. The predicted octanol–water partition coefficient (Wildman–Crippen LogP) is 3.35. The van der Waals surface area contributed by atoms with Crippen molar-refractivity contribution in [3.05, 3.63) is 48.5 Å². The third kappa shape index (κ3) is 2.75. The molecule has 1 heterocycles. The lowest BCUT2D eigenvalue weighted by atomic mass is 10.0. The van der Waals surface area contributed by atoms with E-state index in [0.717, 1.165) is 11.1 Å². The highest BCUT2D eigenvalue weighted by atomic mass is 31.2. The molecule has 21 heavy (non-hydrogen) atoms. The topological polar surface area (TPSA) is 55.8 Å². The van der Waals surface area contributed by atoms with Gasteiger partial charge >= 0.3 is 7.60 Å². The van der Waals surface area contributed by atoms with Crippen LogP contribution < -0.4 is 9.83 Å². The fourth-order valence-electron chi connectivity index (χ4n) is 2.38. The molecule has 1 atom stereocenters. The molecule has 5 heteroatoms. The van der Waals surface area contributed by atoms with E-state index in [1.807, 2.05) is 36.4 Å². The summed E-state index contributed by atoms with van der Waals surface area (Å²) in [4.78, 5) is 0. The van der Waals surface area contributed by atoms with Crippen molar-refractivity contribution in [2.75, 3.05) is 13.2 Å². The van der Waals surface area contributed by atoms with Gasteiger partial charge in [0.1, 0.15) is 5.75 Å². The van der Waals surface area contributed by atoms with Gasteiger partial charge in [-0.25, -0.2) is 4.57 Å². The molecule has 1 aliphatic rings. The van der Waals surface area contributed by atoms with Crippen molar-refractivity contribution in [1.29, 1.82) is 0 Å². The lowest BCUT2D eigenvalue weighted by Gasteiger charge is -2.27. The van der Waals surface area contributed by atoms with Crippen LogP contribution in [0.2, 0.25) is 0 Å². The van der Waals surface area contributed by atoms with Crippen LogP contribution in [0.3, 0.4) is 0 Å². The van der Waals surface area contributed by atoms with Crippen LogP contribution in [-0.2, 0) is 9.09 Å². The molecule has 4 nitrogen and oxygen atoms in total. The summed E-state index contributed by atoms with van der Waals surface area (Å²) in [6.07, 6.45) is 1.27. The number of aliphatic hydroxyl groups is 1. The zero-order valence-corrected chi connectivity index (χ0v) is 12.5. The van der Waals surface area contributed by atoms with Crippen LogP contribution in [0, 0.1) is 0 Å². The SMILES string of the molecule is O=P1(OCCCCO)Oc2ccccc2-c2ccccc21. The smallest absolute Gasteiger partial charge is 0.411 e. The highest BCUT2D eigenvalue weighted by molar-refractivity contribution is 7.63. The van der Waals surface area contributed by atoms with Crippen LogP contribution in [0.15, 0.2) is 48.5 Å². The average Bonchev–Trinajstić information content (AvgIpc) is 2.52. The Kier molecular flexibility index (Phi) is 4.11. The Bertz CT molecular complexity index is 683. The van der Waals surface area contributed by atoms with Gasteiger partial charge in [0.25, 0.3) is 0 Å². The molecule has 1 unspecified atom stereocenters. The molecule has 0 radical (unpaired) electrons. The first kappa shape index (κ1) is 14.3. The van der Waals surface area contributed by atoms with E-state index in [1.165, 1.54) is 0 Å². The van der Waals surface area contributed by atoms with Gasteiger partial charge < -0.3 is 9.63 Å². The molecule has 0 amide bonds. The number of hydrogen-bond acceptors (Lipinski definition) is 4. The first-order valence-corrected chi connectivity index (χ1v) is 8.53. The Morgan fingerprint density at radius 2 is 1.71 bits per heavy atom. The number of benzene rings is 2. The molecule has 2 aromatic carbocycles. The molecular weight excluding hydrogens is 287 g/mol. The predicted molar refractivity (Wildman–Crippen MR) is 82.0 cm³/mol. The number of rotatable bonds is 5. The molecule has 0 saturated carbocycles. The summed E-state index contributed by atoms with van der Waals surface area (Å²) < 4.78 is 24.3. The van der Waals surface area contributed by atoms with Gasteiger partial charge in [-0.2, -0.15) is 0 Å². The molecule has 0 fully saturated rings. The van der Waals surface area contributed by atoms with Crippen molar-refractivity contribution < 1.29 is 18.7 Å². The van der Waals surface area contributed by atoms with Crippen molar-refractivity contribution in [3.63, 3.8) is 0 Å². The van der Waals surface area contributed by atoms with Crippen molar-refractivity contribution in [2.45, 2.75) is 12.8 Å². The first-order valence-electron chi connectivity index (χ1n) is 6.99. The van der Waals surface area contributed by atoms with Gasteiger partial charge in [0, 0.05) is 17.7 Å². The summed E-state index contributed by atoms with van der Waals surface area (Å²) in [6, 6.07) is 15.0. The Balaban J connectivity index is 1.96. The maximum absolute atomic E-state index is 13.1. The van der Waals surface area contributed by atoms with Crippen molar-refractivity contribution in [2.24, 2.45) is 0 Å². The van der Waals surface area contributed by atoms with Gasteiger partial charge in [0.2, 0.25) is 0 Å². The molecule has 0 bridgehead atoms. The zero-order chi connectivity index (χ0) is 14.7. The van der Waals surface area contributed by atoms with E-state index in [-0.39, 0.29) is 6.61 Å². The normalized spacial score (nSPS) is 19.5. The van der Waals surface area contributed by atoms with Crippen LogP contribution in [-0.4, -0.2) is 18.3 Å². The lowest BCUT2D eigenvalue weighted by molar-refractivity contribution is 0.238. The number of hydrogen-bond donors (Lipinski definition) is 1. The summed E-state index contributed by atoms with van der Waals surface area (Å²) in [7, 11) is -3.36. The molecule has 0 aromatic heterocycles. The van der Waals surface area contributed by atoms with Gasteiger partial charge in [0.15, 0.2) is 0 Å². The minimum atomic E-state index is -3.36. The van der Waals surface area contributed by atoms with Crippen LogP contribution in [0.4, 0.5) is 0 Å². The van der Waals surface area contributed by atoms with Crippen molar-refractivity contribution in [3.8, 4) is 16.9 Å². The molecule has 1 N–H and O–H groups in total. The lowest BCUT2D eigenvalue weighted by Crippen LogP contribution is -2.19. The monoisotopic (exact) mass is 304 g/mol. The van der Waals surface area contributed by atoms with Crippen LogP contribution in [0.5, 0.6) is 5.75 Å². The number of fused-ring (bicyclic) bond motifs is 3. The molecule has 0 aliphatic carbocycles. The van der Waals surface area contributed by atoms with Gasteiger partial charge in [-0.15, -0.1) is 0 Å². The zero-order valence-electron chi connectivity index (χ0n) is 11.6. The second-order valence-electron chi connectivity index (χ2n) is 4.87. The van der Waals surface area contributed by atoms with Crippen LogP contribution in [0.25, 0.3) is 11.1 Å². The fraction of sp³-hybridized carbons (Fsp3) is 0.250. The summed E-state index contributed by atoms with van der Waals surface area (Å²) >= 11 is 0. The van der Waals surface area contributed by atoms with E-state index < -0.39 is 7.60 Å². The Morgan fingerprint density at radius 1 is 1.00 bits per heavy atom. The van der Waals surface area contributed by atoms with E-state index in [1.54, 1.807) is 12.1 Å². The van der Waals surface area contributed by atoms with Crippen LogP contribution in [0.1, 0.15) is 12.8 Å². The number of para-hydroxylation sites is 1. The van der Waals surface area contributed by atoms with Gasteiger partial charge in [-0.05, 0) is 25.0 Å². The molecule has 0 saturated heterocycles. The third-order valence-corrected chi connectivity index (χ3v) is 5.35. The van der Waals surface area contributed by atoms with Gasteiger partial charge in [-0.1, -0.05) is 36.4 Å². The highest BCUT2D eigenvalue weighted by Crippen LogP contribution is 2.55. The van der Waals surface area contributed by atoms with E-state index in [9.17, 15) is 4.57 Å². The van der Waals surface area contributed by atoms with Crippen molar-refractivity contribution >= 4 is 12.9 Å². The first-order chi connectivity index (χ1) is 10.2. The van der Waals surface area contributed by atoms with Crippen LogP contribution >= 0.6 is 7.60 Å². The standard InChI is InChI=1S/C16H17O4P/c17-11-5-6-12-19-21(18)16-10-4-2-8-14(16)13-7-1-3-9-15(13)20-21/h1-4,7-10,17H,5-6,11-12H2. The Hall–Kier alpha value is -1.61. The average molecular weight is 304 g/mol. The summed E-state index contributed by atoms with van der Waals surface area (Å²) in [5.74, 6) is 0.585. The van der Waals surface area contributed by atoms with E-state index in [4.69, 9.17) is 14.2 Å². The quantitative estimate of drug-likeness (QED) is 0.680. The van der Waals surface area contributed by atoms with E-state index in [0.29, 0.717) is 30.5 Å². The molecule has 2 aromatic rings. The van der Waals surface area contributed by atoms with Gasteiger partial charge in [0.05, 0.1) is 11.9 Å². The second-order valence-corrected chi connectivity index (χ2v) is 6.78. The fourth-order valence-corrected chi connectivity index (χ4v) is 4.22. The Morgan fingerprint density at radius 3 is 2.52 bits per heavy atom. The summed E-state index contributed by atoms with van der Waals surface area (Å²) in [6.45, 7) is 0.405. The van der Waals surface area contributed by atoms with Gasteiger partial charge in [-0.3, -0.25) is 4.52 Å². The molecule has 3 rings (SSSR count). The maximum Gasteiger partial charge on any atom is 0.411 e. The minimum absolute atomic E-state index is 0.105. The highest BCUT2D eigenvalue weighted by Gasteiger charge is 2.37. The minimum Gasteiger partial charge on any atom is -0.421 e. The summed E-state index contributed by atoms with van der Waals surface area (Å²) in [5.41, 5.74) is 1.82. The summed E-state index contributed by atoms with van der Waals surface area (Å²) in [5, 5.41) is 9.40. The number of unbranched alkanes of at least 4 members (excludes halogenated alkanes) is 1. The largest absolute Gasteiger partial charge is 0.421 e. The van der Waals surface area contributed by atoms with E-state index >= 15 is 0 Å².